The lowest BCUT2D eigenvalue weighted by Crippen LogP contribution is -2.20. The lowest BCUT2D eigenvalue weighted by atomic mass is 9.78. The third-order valence-electron chi connectivity index (χ3n) is 4.94. The van der Waals surface area contributed by atoms with Crippen LogP contribution in [-0.2, 0) is 6.42 Å². The van der Waals surface area contributed by atoms with Crippen LogP contribution in [0.15, 0.2) is 48.5 Å². The van der Waals surface area contributed by atoms with Gasteiger partial charge >= 0.3 is 0 Å². The Balaban J connectivity index is 1.55. The molecule has 3 unspecified atom stereocenters. The average molecular weight is 299 g/mol. The zero-order chi connectivity index (χ0) is 14.2. The summed E-state index contributed by atoms with van der Waals surface area (Å²) in [6.07, 6.45) is 3.46. The minimum absolute atomic E-state index is 0.141. The highest BCUT2D eigenvalue weighted by molar-refractivity contribution is 6.21. The molecule has 2 heteroatoms. The van der Waals surface area contributed by atoms with Crippen LogP contribution in [0.2, 0.25) is 0 Å². The number of alkyl halides is 1. The Morgan fingerprint density at radius 1 is 1.00 bits per heavy atom. The Morgan fingerprint density at radius 3 is 2.67 bits per heavy atom. The predicted octanol–water partition coefficient (Wildman–Crippen LogP) is 5.10. The predicted molar refractivity (Wildman–Crippen MR) is 86.1 cm³/mol. The number of aryl methyl sites for hydroxylation is 1. The normalized spacial score (nSPS) is 26.8. The van der Waals surface area contributed by atoms with E-state index in [1.807, 2.05) is 6.07 Å². The minimum atomic E-state index is 0.141. The fourth-order valence-corrected chi connectivity index (χ4v) is 4.24. The Bertz CT molecular complexity index is 652. The highest BCUT2D eigenvalue weighted by Gasteiger charge is 2.33. The van der Waals surface area contributed by atoms with Crippen molar-refractivity contribution in [3.05, 3.63) is 65.2 Å². The second kappa shape index (κ2) is 5.38. The van der Waals surface area contributed by atoms with Crippen molar-refractivity contribution >= 4 is 11.6 Å². The third kappa shape index (κ3) is 2.34. The number of hydrogen-bond donors (Lipinski definition) is 0. The first-order chi connectivity index (χ1) is 10.3. The van der Waals surface area contributed by atoms with Gasteiger partial charge < -0.3 is 4.74 Å². The van der Waals surface area contributed by atoms with E-state index in [2.05, 4.69) is 42.5 Å². The van der Waals surface area contributed by atoms with E-state index >= 15 is 0 Å². The van der Waals surface area contributed by atoms with Gasteiger partial charge in [0.25, 0.3) is 0 Å². The van der Waals surface area contributed by atoms with Crippen LogP contribution < -0.4 is 4.74 Å². The molecule has 0 aromatic heterocycles. The van der Waals surface area contributed by atoms with Crippen LogP contribution >= 0.6 is 11.6 Å². The van der Waals surface area contributed by atoms with E-state index in [0.29, 0.717) is 11.8 Å². The van der Waals surface area contributed by atoms with Crippen LogP contribution in [0.3, 0.4) is 0 Å². The summed E-state index contributed by atoms with van der Waals surface area (Å²) < 4.78 is 5.81. The molecule has 0 amide bonds. The maximum absolute atomic E-state index is 6.78. The summed E-state index contributed by atoms with van der Waals surface area (Å²) in [4.78, 5) is 0. The maximum Gasteiger partial charge on any atom is 0.122 e. The second-order valence-corrected chi connectivity index (χ2v) is 6.65. The quantitative estimate of drug-likeness (QED) is 0.701. The lowest BCUT2D eigenvalue weighted by Gasteiger charge is -2.31. The smallest absolute Gasteiger partial charge is 0.122 e. The van der Waals surface area contributed by atoms with Crippen molar-refractivity contribution in [1.82, 2.24) is 0 Å². The zero-order valence-electron chi connectivity index (χ0n) is 12.0. The SMILES string of the molecule is ClC1c2ccccc2CCC1CC1COc2ccccc21. The Morgan fingerprint density at radius 2 is 1.76 bits per heavy atom. The summed E-state index contributed by atoms with van der Waals surface area (Å²) in [5, 5.41) is 0.141. The van der Waals surface area contributed by atoms with Gasteiger partial charge in [-0.2, -0.15) is 0 Å². The van der Waals surface area contributed by atoms with Gasteiger partial charge in [-0.25, -0.2) is 0 Å². The summed E-state index contributed by atoms with van der Waals surface area (Å²) in [5.41, 5.74) is 4.12. The van der Waals surface area contributed by atoms with Gasteiger partial charge in [-0.3, -0.25) is 0 Å². The molecule has 2 aromatic carbocycles. The molecule has 2 aliphatic rings. The molecule has 0 N–H and O–H groups in total. The van der Waals surface area contributed by atoms with Crippen molar-refractivity contribution in [1.29, 1.82) is 0 Å². The van der Waals surface area contributed by atoms with Crippen molar-refractivity contribution in [2.24, 2.45) is 5.92 Å². The van der Waals surface area contributed by atoms with Gasteiger partial charge in [0.15, 0.2) is 0 Å². The Labute approximate surface area is 130 Å². The molecule has 1 heterocycles. The van der Waals surface area contributed by atoms with Gasteiger partial charge in [-0.1, -0.05) is 42.5 Å². The average Bonchev–Trinajstić information content (AvgIpc) is 2.94. The topological polar surface area (TPSA) is 9.23 Å². The molecule has 1 nitrogen and oxygen atoms in total. The van der Waals surface area contributed by atoms with Gasteiger partial charge in [0.1, 0.15) is 5.75 Å². The van der Waals surface area contributed by atoms with E-state index in [4.69, 9.17) is 16.3 Å². The van der Waals surface area contributed by atoms with Gasteiger partial charge in [0.05, 0.1) is 12.0 Å². The van der Waals surface area contributed by atoms with Gasteiger partial charge in [-0.15, -0.1) is 11.6 Å². The highest BCUT2D eigenvalue weighted by Crippen LogP contribution is 2.46. The summed E-state index contributed by atoms with van der Waals surface area (Å²) in [6.45, 7) is 0.807. The first kappa shape index (κ1) is 13.2. The molecule has 1 aliphatic heterocycles. The molecule has 0 saturated carbocycles. The monoisotopic (exact) mass is 298 g/mol. The maximum atomic E-state index is 6.78. The molecular formula is C19H19ClO. The van der Waals surface area contributed by atoms with Gasteiger partial charge in [-0.05, 0) is 42.4 Å². The molecule has 4 rings (SSSR count). The van der Waals surface area contributed by atoms with Crippen molar-refractivity contribution < 1.29 is 4.74 Å². The highest BCUT2D eigenvalue weighted by atomic mass is 35.5. The molecule has 0 radical (unpaired) electrons. The fraction of sp³-hybridized carbons (Fsp3) is 0.368. The second-order valence-electron chi connectivity index (χ2n) is 6.18. The third-order valence-corrected chi connectivity index (χ3v) is 5.53. The summed E-state index contributed by atoms with van der Waals surface area (Å²) in [7, 11) is 0. The summed E-state index contributed by atoms with van der Waals surface area (Å²) >= 11 is 6.78. The van der Waals surface area contributed by atoms with E-state index in [1.54, 1.807) is 0 Å². The summed E-state index contributed by atoms with van der Waals surface area (Å²) in [6, 6.07) is 17.1. The number of halogens is 1. The molecule has 21 heavy (non-hydrogen) atoms. The van der Waals surface area contributed by atoms with Crippen molar-refractivity contribution in [3.63, 3.8) is 0 Å². The number of rotatable bonds is 2. The summed E-state index contributed by atoms with van der Waals surface area (Å²) in [5.74, 6) is 2.10. The Hall–Kier alpha value is -1.47. The van der Waals surface area contributed by atoms with Crippen LogP contribution in [0, 0.1) is 5.92 Å². The van der Waals surface area contributed by atoms with Crippen LogP contribution in [0.25, 0.3) is 0 Å². The molecule has 108 valence electrons. The van der Waals surface area contributed by atoms with Crippen LogP contribution in [0.5, 0.6) is 5.75 Å². The first-order valence-corrected chi connectivity index (χ1v) is 8.20. The van der Waals surface area contributed by atoms with E-state index < -0.39 is 0 Å². The number of fused-ring (bicyclic) bond motifs is 2. The lowest BCUT2D eigenvalue weighted by molar-refractivity contribution is 0.294. The number of benzene rings is 2. The molecule has 0 spiro atoms. The molecular weight excluding hydrogens is 280 g/mol. The number of ether oxygens (including phenoxy) is 1. The zero-order valence-corrected chi connectivity index (χ0v) is 12.7. The van der Waals surface area contributed by atoms with E-state index in [1.165, 1.54) is 23.1 Å². The fourth-order valence-electron chi connectivity index (χ4n) is 3.80. The minimum Gasteiger partial charge on any atom is -0.493 e. The van der Waals surface area contributed by atoms with Gasteiger partial charge in [0, 0.05) is 11.5 Å². The molecule has 0 fully saturated rings. The van der Waals surface area contributed by atoms with Crippen LogP contribution in [0.1, 0.15) is 40.8 Å². The van der Waals surface area contributed by atoms with Crippen molar-refractivity contribution in [3.8, 4) is 5.75 Å². The first-order valence-electron chi connectivity index (χ1n) is 7.76. The van der Waals surface area contributed by atoms with E-state index in [9.17, 15) is 0 Å². The largest absolute Gasteiger partial charge is 0.493 e. The number of hydrogen-bond acceptors (Lipinski definition) is 1. The van der Waals surface area contributed by atoms with Crippen molar-refractivity contribution in [2.45, 2.75) is 30.6 Å². The number of para-hydroxylation sites is 1. The molecule has 0 bridgehead atoms. The van der Waals surface area contributed by atoms with E-state index in [-0.39, 0.29) is 5.38 Å². The Kier molecular flexibility index (Phi) is 3.39. The van der Waals surface area contributed by atoms with Crippen LogP contribution in [-0.4, -0.2) is 6.61 Å². The van der Waals surface area contributed by atoms with Crippen LogP contribution in [0.4, 0.5) is 0 Å². The molecule has 1 aliphatic carbocycles. The van der Waals surface area contributed by atoms with Crippen molar-refractivity contribution in [2.75, 3.05) is 6.61 Å². The van der Waals surface area contributed by atoms with Gasteiger partial charge in [0.2, 0.25) is 0 Å². The molecule has 0 saturated heterocycles. The molecule has 3 atom stereocenters. The standard InChI is InChI=1S/C19H19ClO/c20-19-14(10-9-13-5-1-2-7-17(13)19)11-15-12-21-18-8-4-3-6-16(15)18/h1-8,14-15,19H,9-12H2. The van der Waals surface area contributed by atoms with E-state index in [0.717, 1.165) is 25.2 Å². The molecule has 2 aromatic rings.